The maximum atomic E-state index is 10.7. The van der Waals surface area contributed by atoms with E-state index >= 15 is 0 Å². The van der Waals surface area contributed by atoms with E-state index in [9.17, 15) is 4.79 Å². The number of rotatable bonds is 3. The normalized spacial score (nSPS) is 22.8. The van der Waals surface area contributed by atoms with Gasteiger partial charge in [0, 0.05) is 25.7 Å². The Morgan fingerprint density at radius 3 is 2.88 bits per heavy atom. The highest BCUT2D eigenvalue weighted by atomic mass is 16.4. The third-order valence-corrected chi connectivity index (χ3v) is 3.30. The molecule has 94 valence electrons. The van der Waals surface area contributed by atoms with Crippen LogP contribution in [0.5, 0.6) is 0 Å². The lowest BCUT2D eigenvalue weighted by Crippen LogP contribution is -2.49. The van der Waals surface area contributed by atoms with Gasteiger partial charge in [0.25, 0.3) is 0 Å². The standard InChI is InChI=1S/C12H18N2O3/c1-9-7-14(6-5-13(9)2)8-10-3-4-11(17-10)12(15)16/h3-4,9H,5-8H2,1-2H3,(H,15,16). The number of furan rings is 1. The number of nitrogens with zero attached hydrogens (tertiary/aromatic N) is 2. The smallest absolute Gasteiger partial charge is 0.371 e. The van der Waals surface area contributed by atoms with Crippen LogP contribution in [0.4, 0.5) is 0 Å². The van der Waals surface area contributed by atoms with Crippen molar-refractivity contribution in [2.75, 3.05) is 26.7 Å². The van der Waals surface area contributed by atoms with Gasteiger partial charge in [-0.15, -0.1) is 0 Å². The number of carboxylic acids is 1. The van der Waals surface area contributed by atoms with Gasteiger partial charge >= 0.3 is 5.97 Å². The number of piperazine rings is 1. The lowest BCUT2D eigenvalue weighted by atomic mass is 10.2. The minimum Gasteiger partial charge on any atom is -0.475 e. The van der Waals surface area contributed by atoms with Crippen LogP contribution in [0.3, 0.4) is 0 Å². The van der Waals surface area contributed by atoms with Crippen molar-refractivity contribution in [3.63, 3.8) is 0 Å². The maximum absolute atomic E-state index is 10.7. The highest BCUT2D eigenvalue weighted by Gasteiger charge is 2.21. The van der Waals surface area contributed by atoms with Crippen molar-refractivity contribution in [1.82, 2.24) is 9.80 Å². The molecule has 1 atom stereocenters. The third kappa shape index (κ3) is 2.87. The van der Waals surface area contributed by atoms with E-state index in [-0.39, 0.29) is 5.76 Å². The maximum Gasteiger partial charge on any atom is 0.371 e. The van der Waals surface area contributed by atoms with Gasteiger partial charge in [-0.05, 0) is 26.1 Å². The molecule has 1 N–H and O–H groups in total. The van der Waals surface area contributed by atoms with Gasteiger partial charge in [0.2, 0.25) is 5.76 Å². The Morgan fingerprint density at radius 2 is 2.29 bits per heavy atom. The summed E-state index contributed by atoms with van der Waals surface area (Å²) in [6, 6.07) is 3.78. The molecule has 5 heteroatoms. The van der Waals surface area contributed by atoms with Crippen molar-refractivity contribution in [1.29, 1.82) is 0 Å². The molecular formula is C12H18N2O3. The average molecular weight is 238 g/mol. The molecule has 0 bridgehead atoms. The molecular weight excluding hydrogens is 220 g/mol. The Hall–Kier alpha value is -1.33. The van der Waals surface area contributed by atoms with Gasteiger partial charge in [-0.1, -0.05) is 0 Å². The number of carboxylic acid groups (broad SMARTS) is 1. The van der Waals surface area contributed by atoms with E-state index in [0.717, 1.165) is 25.4 Å². The van der Waals surface area contributed by atoms with Gasteiger partial charge in [-0.3, -0.25) is 4.90 Å². The summed E-state index contributed by atoms with van der Waals surface area (Å²) in [4.78, 5) is 15.3. The molecule has 1 aromatic heterocycles. The summed E-state index contributed by atoms with van der Waals surface area (Å²) < 4.78 is 5.26. The van der Waals surface area contributed by atoms with Crippen LogP contribution < -0.4 is 0 Å². The quantitative estimate of drug-likeness (QED) is 0.855. The summed E-state index contributed by atoms with van der Waals surface area (Å²) >= 11 is 0. The van der Waals surface area contributed by atoms with Crippen LogP contribution in [0.15, 0.2) is 16.5 Å². The van der Waals surface area contributed by atoms with Gasteiger partial charge in [-0.2, -0.15) is 0 Å². The zero-order valence-electron chi connectivity index (χ0n) is 10.2. The Kier molecular flexibility index (Phi) is 3.49. The molecule has 2 heterocycles. The van der Waals surface area contributed by atoms with E-state index in [0.29, 0.717) is 12.6 Å². The minimum atomic E-state index is -1.01. The van der Waals surface area contributed by atoms with Crippen LogP contribution in [0.2, 0.25) is 0 Å². The first-order valence-corrected chi connectivity index (χ1v) is 5.81. The van der Waals surface area contributed by atoms with Gasteiger partial charge in [0.1, 0.15) is 5.76 Å². The first-order chi connectivity index (χ1) is 8.06. The van der Waals surface area contributed by atoms with E-state index in [4.69, 9.17) is 9.52 Å². The largest absolute Gasteiger partial charge is 0.475 e. The highest BCUT2D eigenvalue weighted by Crippen LogP contribution is 2.14. The fraction of sp³-hybridized carbons (Fsp3) is 0.583. The van der Waals surface area contributed by atoms with Crippen LogP contribution in [0.1, 0.15) is 23.2 Å². The zero-order chi connectivity index (χ0) is 12.4. The van der Waals surface area contributed by atoms with Crippen molar-refractivity contribution >= 4 is 5.97 Å². The van der Waals surface area contributed by atoms with Crippen molar-refractivity contribution < 1.29 is 14.3 Å². The second-order valence-electron chi connectivity index (χ2n) is 4.64. The SMILES string of the molecule is CC1CN(Cc2ccc(C(=O)O)o2)CCN1C. The van der Waals surface area contributed by atoms with Crippen LogP contribution in [-0.4, -0.2) is 53.6 Å². The van der Waals surface area contributed by atoms with Crippen molar-refractivity contribution in [2.24, 2.45) is 0 Å². The summed E-state index contributed by atoms with van der Waals surface area (Å²) in [6.07, 6.45) is 0. The average Bonchev–Trinajstić information content (AvgIpc) is 2.72. The summed E-state index contributed by atoms with van der Waals surface area (Å²) in [5.41, 5.74) is 0. The molecule has 0 aromatic carbocycles. The molecule has 0 spiro atoms. The van der Waals surface area contributed by atoms with E-state index in [1.807, 2.05) is 0 Å². The van der Waals surface area contributed by atoms with Crippen LogP contribution in [-0.2, 0) is 6.54 Å². The number of likely N-dealkylation sites (N-methyl/N-ethyl adjacent to an activating group) is 1. The molecule has 2 rings (SSSR count). The van der Waals surface area contributed by atoms with Gasteiger partial charge in [-0.25, -0.2) is 4.79 Å². The molecule has 1 aliphatic rings. The zero-order valence-corrected chi connectivity index (χ0v) is 10.2. The van der Waals surface area contributed by atoms with Crippen LogP contribution in [0.25, 0.3) is 0 Å². The molecule has 1 aliphatic heterocycles. The minimum absolute atomic E-state index is 0.0159. The fourth-order valence-electron chi connectivity index (χ4n) is 2.07. The molecule has 1 fully saturated rings. The molecule has 1 aromatic rings. The van der Waals surface area contributed by atoms with Crippen LogP contribution in [0, 0.1) is 0 Å². The summed E-state index contributed by atoms with van der Waals surface area (Å²) in [5.74, 6) is -0.274. The molecule has 0 amide bonds. The number of aromatic carboxylic acids is 1. The van der Waals surface area contributed by atoms with Crippen molar-refractivity contribution in [3.05, 3.63) is 23.7 Å². The first-order valence-electron chi connectivity index (χ1n) is 5.81. The van der Waals surface area contributed by atoms with E-state index in [2.05, 4.69) is 23.8 Å². The lowest BCUT2D eigenvalue weighted by Gasteiger charge is -2.37. The van der Waals surface area contributed by atoms with E-state index in [1.54, 1.807) is 6.07 Å². The van der Waals surface area contributed by atoms with Crippen molar-refractivity contribution in [3.8, 4) is 0 Å². The Morgan fingerprint density at radius 1 is 1.53 bits per heavy atom. The van der Waals surface area contributed by atoms with Gasteiger partial charge < -0.3 is 14.4 Å². The number of hydrogen-bond acceptors (Lipinski definition) is 4. The van der Waals surface area contributed by atoms with Gasteiger partial charge in [0.05, 0.1) is 6.54 Å². The predicted octanol–water partition coefficient (Wildman–Crippen LogP) is 1.11. The van der Waals surface area contributed by atoms with E-state index in [1.165, 1.54) is 6.07 Å². The summed E-state index contributed by atoms with van der Waals surface area (Å²) in [5, 5.41) is 8.77. The molecule has 5 nitrogen and oxygen atoms in total. The highest BCUT2D eigenvalue weighted by molar-refractivity contribution is 5.84. The second kappa shape index (κ2) is 4.89. The topological polar surface area (TPSA) is 56.9 Å². The monoisotopic (exact) mass is 238 g/mol. The van der Waals surface area contributed by atoms with Crippen LogP contribution >= 0.6 is 0 Å². The third-order valence-electron chi connectivity index (χ3n) is 3.30. The summed E-state index contributed by atoms with van der Waals surface area (Å²) in [6.45, 7) is 5.89. The number of hydrogen-bond donors (Lipinski definition) is 1. The molecule has 0 aliphatic carbocycles. The van der Waals surface area contributed by atoms with Crippen molar-refractivity contribution in [2.45, 2.75) is 19.5 Å². The van der Waals surface area contributed by atoms with E-state index < -0.39 is 5.97 Å². The molecule has 0 radical (unpaired) electrons. The second-order valence-corrected chi connectivity index (χ2v) is 4.64. The predicted molar refractivity (Wildman–Crippen MR) is 63.0 cm³/mol. The lowest BCUT2D eigenvalue weighted by molar-refractivity contribution is 0.0652. The Balaban J connectivity index is 1.94. The molecule has 1 unspecified atom stereocenters. The van der Waals surface area contributed by atoms with Gasteiger partial charge in [0.15, 0.2) is 0 Å². The summed E-state index contributed by atoms with van der Waals surface area (Å²) in [7, 11) is 2.12. The Labute approximate surface area is 101 Å². The number of carbonyl (C=O) groups is 1. The molecule has 0 saturated carbocycles. The Bertz CT molecular complexity index is 402. The fourth-order valence-corrected chi connectivity index (χ4v) is 2.07. The molecule has 17 heavy (non-hydrogen) atoms. The molecule has 1 saturated heterocycles. The first kappa shape index (κ1) is 12.1.